The first kappa shape index (κ1) is 10.5. The summed E-state index contributed by atoms with van der Waals surface area (Å²) in [6, 6.07) is 6.86. The van der Waals surface area contributed by atoms with Crippen molar-refractivity contribution in [1.82, 2.24) is 5.32 Å². The SMILES string of the molecule is CCC1NCC(C)c2c(OC)cccc21. The summed E-state index contributed by atoms with van der Waals surface area (Å²) in [7, 11) is 1.76. The van der Waals surface area contributed by atoms with Gasteiger partial charge in [0.2, 0.25) is 0 Å². The molecule has 1 heterocycles. The van der Waals surface area contributed by atoms with Crippen LogP contribution in [-0.2, 0) is 0 Å². The van der Waals surface area contributed by atoms with Crippen LogP contribution >= 0.6 is 0 Å². The molecule has 0 amide bonds. The van der Waals surface area contributed by atoms with Gasteiger partial charge in [0.1, 0.15) is 5.75 Å². The van der Waals surface area contributed by atoms with Crippen molar-refractivity contribution in [2.75, 3.05) is 13.7 Å². The largest absolute Gasteiger partial charge is 0.496 e. The zero-order chi connectivity index (χ0) is 10.8. The van der Waals surface area contributed by atoms with Crippen LogP contribution in [0, 0.1) is 0 Å². The van der Waals surface area contributed by atoms with Crippen molar-refractivity contribution in [2.45, 2.75) is 32.2 Å². The van der Waals surface area contributed by atoms with Crippen molar-refractivity contribution in [3.63, 3.8) is 0 Å². The molecule has 0 bridgehead atoms. The summed E-state index contributed by atoms with van der Waals surface area (Å²) >= 11 is 0. The molecule has 0 saturated heterocycles. The van der Waals surface area contributed by atoms with E-state index in [1.165, 1.54) is 11.1 Å². The fourth-order valence-electron chi connectivity index (χ4n) is 2.47. The van der Waals surface area contributed by atoms with Gasteiger partial charge in [0.15, 0.2) is 0 Å². The minimum absolute atomic E-state index is 0.492. The Labute approximate surface area is 91.6 Å². The van der Waals surface area contributed by atoms with Gasteiger partial charge in [-0.2, -0.15) is 0 Å². The van der Waals surface area contributed by atoms with Gasteiger partial charge in [-0.25, -0.2) is 0 Å². The van der Waals surface area contributed by atoms with Crippen LogP contribution in [0.2, 0.25) is 0 Å². The number of hydrogen-bond donors (Lipinski definition) is 1. The van der Waals surface area contributed by atoms with Gasteiger partial charge in [-0.15, -0.1) is 0 Å². The Kier molecular flexibility index (Phi) is 2.96. The Morgan fingerprint density at radius 3 is 2.93 bits per heavy atom. The third-order valence-corrected chi connectivity index (χ3v) is 3.27. The van der Waals surface area contributed by atoms with Crippen LogP contribution < -0.4 is 10.1 Å². The first-order valence-corrected chi connectivity index (χ1v) is 5.68. The highest BCUT2D eigenvalue weighted by Crippen LogP contribution is 2.37. The number of fused-ring (bicyclic) bond motifs is 1. The van der Waals surface area contributed by atoms with E-state index in [0.29, 0.717) is 12.0 Å². The zero-order valence-corrected chi connectivity index (χ0v) is 9.71. The number of methoxy groups -OCH3 is 1. The van der Waals surface area contributed by atoms with Crippen LogP contribution in [0.1, 0.15) is 43.4 Å². The minimum Gasteiger partial charge on any atom is -0.496 e. The molecule has 2 nitrogen and oxygen atoms in total. The smallest absolute Gasteiger partial charge is 0.122 e. The normalized spacial score (nSPS) is 24.7. The van der Waals surface area contributed by atoms with Gasteiger partial charge in [-0.3, -0.25) is 0 Å². The molecule has 15 heavy (non-hydrogen) atoms. The lowest BCUT2D eigenvalue weighted by atomic mass is 9.86. The molecule has 1 aliphatic heterocycles. The molecule has 1 aromatic carbocycles. The second-order valence-corrected chi connectivity index (χ2v) is 4.23. The van der Waals surface area contributed by atoms with Crippen molar-refractivity contribution < 1.29 is 4.74 Å². The Hall–Kier alpha value is -1.02. The molecule has 0 aromatic heterocycles. The van der Waals surface area contributed by atoms with Gasteiger partial charge in [-0.05, 0) is 24.0 Å². The maximum atomic E-state index is 5.45. The van der Waals surface area contributed by atoms with Crippen LogP contribution in [0.25, 0.3) is 0 Å². The number of nitrogens with one attached hydrogen (secondary N) is 1. The van der Waals surface area contributed by atoms with Gasteiger partial charge in [-0.1, -0.05) is 26.0 Å². The van der Waals surface area contributed by atoms with Crippen molar-refractivity contribution in [3.05, 3.63) is 29.3 Å². The first-order chi connectivity index (χ1) is 7.27. The number of rotatable bonds is 2. The monoisotopic (exact) mass is 205 g/mol. The number of benzene rings is 1. The lowest BCUT2D eigenvalue weighted by molar-refractivity contribution is 0.389. The second kappa shape index (κ2) is 4.23. The molecule has 2 unspecified atom stereocenters. The second-order valence-electron chi connectivity index (χ2n) is 4.23. The zero-order valence-electron chi connectivity index (χ0n) is 9.71. The maximum absolute atomic E-state index is 5.45. The highest BCUT2D eigenvalue weighted by atomic mass is 16.5. The molecule has 0 fully saturated rings. The van der Waals surface area contributed by atoms with E-state index in [0.717, 1.165) is 18.7 Å². The molecule has 1 aromatic rings. The highest BCUT2D eigenvalue weighted by Gasteiger charge is 2.25. The summed E-state index contributed by atoms with van der Waals surface area (Å²) in [6.45, 7) is 5.52. The summed E-state index contributed by atoms with van der Waals surface area (Å²) in [4.78, 5) is 0. The van der Waals surface area contributed by atoms with E-state index >= 15 is 0 Å². The van der Waals surface area contributed by atoms with Gasteiger partial charge < -0.3 is 10.1 Å². The molecule has 0 aliphatic carbocycles. The highest BCUT2D eigenvalue weighted by molar-refractivity contribution is 5.45. The summed E-state index contributed by atoms with van der Waals surface area (Å²) in [5, 5.41) is 3.57. The van der Waals surface area contributed by atoms with E-state index in [-0.39, 0.29) is 0 Å². The lowest BCUT2D eigenvalue weighted by Crippen LogP contribution is -2.31. The van der Waals surface area contributed by atoms with E-state index in [9.17, 15) is 0 Å². The Morgan fingerprint density at radius 2 is 2.27 bits per heavy atom. The van der Waals surface area contributed by atoms with Gasteiger partial charge >= 0.3 is 0 Å². The van der Waals surface area contributed by atoms with Gasteiger partial charge in [0, 0.05) is 18.2 Å². The third-order valence-electron chi connectivity index (χ3n) is 3.27. The fraction of sp³-hybridized carbons (Fsp3) is 0.538. The quantitative estimate of drug-likeness (QED) is 0.801. The molecule has 0 spiro atoms. The van der Waals surface area contributed by atoms with E-state index < -0.39 is 0 Å². The summed E-state index contributed by atoms with van der Waals surface area (Å²) in [6.07, 6.45) is 1.13. The van der Waals surface area contributed by atoms with Crippen LogP contribution in [0.15, 0.2) is 18.2 Å². The van der Waals surface area contributed by atoms with Crippen molar-refractivity contribution in [3.8, 4) is 5.75 Å². The van der Waals surface area contributed by atoms with Crippen molar-refractivity contribution in [1.29, 1.82) is 0 Å². The molecule has 82 valence electrons. The van der Waals surface area contributed by atoms with Crippen LogP contribution in [0.5, 0.6) is 5.75 Å². The molecule has 0 radical (unpaired) electrons. The van der Waals surface area contributed by atoms with E-state index in [1.807, 2.05) is 0 Å². The van der Waals surface area contributed by atoms with E-state index in [1.54, 1.807) is 7.11 Å². The number of hydrogen-bond acceptors (Lipinski definition) is 2. The van der Waals surface area contributed by atoms with Crippen molar-refractivity contribution in [2.24, 2.45) is 0 Å². The molecule has 0 saturated carbocycles. The maximum Gasteiger partial charge on any atom is 0.122 e. The Balaban J connectivity index is 2.50. The van der Waals surface area contributed by atoms with E-state index in [4.69, 9.17) is 4.74 Å². The first-order valence-electron chi connectivity index (χ1n) is 5.68. The Bertz CT molecular complexity index is 348. The third kappa shape index (κ3) is 1.74. The predicted molar refractivity (Wildman–Crippen MR) is 62.4 cm³/mol. The average Bonchev–Trinajstić information content (AvgIpc) is 2.29. The molecular formula is C13H19NO. The lowest BCUT2D eigenvalue weighted by Gasteiger charge is -2.31. The van der Waals surface area contributed by atoms with Crippen LogP contribution in [-0.4, -0.2) is 13.7 Å². The standard InChI is InChI=1S/C13H19NO/c1-4-11-10-6-5-7-12(15-3)13(10)9(2)8-14-11/h5-7,9,11,14H,4,8H2,1-3H3. The molecule has 2 heteroatoms. The molecule has 1 aliphatic rings. The van der Waals surface area contributed by atoms with Crippen LogP contribution in [0.4, 0.5) is 0 Å². The summed E-state index contributed by atoms with van der Waals surface area (Å²) < 4.78 is 5.45. The summed E-state index contributed by atoms with van der Waals surface area (Å²) in [5.74, 6) is 1.58. The topological polar surface area (TPSA) is 21.3 Å². The molecule has 2 rings (SSSR count). The average molecular weight is 205 g/mol. The Morgan fingerprint density at radius 1 is 1.47 bits per heavy atom. The minimum atomic E-state index is 0.492. The van der Waals surface area contributed by atoms with E-state index in [2.05, 4.69) is 37.4 Å². The predicted octanol–water partition coefficient (Wildman–Crippen LogP) is 2.85. The van der Waals surface area contributed by atoms with Crippen molar-refractivity contribution >= 4 is 0 Å². The van der Waals surface area contributed by atoms with Crippen LogP contribution in [0.3, 0.4) is 0 Å². The summed E-state index contributed by atoms with van der Waals surface area (Å²) in [5.41, 5.74) is 2.81. The number of ether oxygens (including phenoxy) is 1. The molecule has 2 atom stereocenters. The molecular weight excluding hydrogens is 186 g/mol. The fourth-order valence-corrected chi connectivity index (χ4v) is 2.47. The van der Waals surface area contributed by atoms with Gasteiger partial charge in [0.25, 0.3) is 0 Å². The molecule has 1 N–H and O–H groups in total. The van der Waals surface area contributed by atoms with Gasteiger partial charge in [0.05, 0.1) is 7.11 Å².